The fraction of sp³-hybridized carbons (Fsp3) is 0.455. The van der Waals surface area contributed by atoms with Gasteiger partial charge in [-0.1, -0.05) is 53.2 Å². The van der Waals surface area contributed by atoms with E-state index in [-0.39, 0.29) is 0 Å². The van der Waals surface area contributed by atoms with Gasteiger partial charge in [-0.3, -0.25) is 0 Å². The van der Waals surface area contributed by atoms with Gasteiger partial charge >= 0.3 is 0 Å². The maximum Gasteiger partial charge on any atom is 0.113 e. The van der Waals surface area contributed by atoms with E-state index in [1.165, 1.54) is 11.1 Å². The van der Waals surface area contributed by atoms with Crippen LogP contribution in [0.25, 0.3) is 0 Å². The average Bonchev–Trinajstić information content (AvgIpc) is 2.69. The fourth-order valence-electron chi connectivity index (χ4n) is 3.65. The monoisotopic (exact) mass is 450 g/mol. The van der Waals surface area contributed by atoms with Crippen LogP contribution < -0.4 is 0 Å². The first kappa shape index (κ1) is 21.4. The zero-order chi connectivity index (χ0) is 20.4. The SMILES string of the molecule is CCc1ccc(Cc2cc(C3OC(CO)[C@@H](O)[C@@H](O)[C@H]3O)c(C)cc2Br)cc1. The van der Waals surface area contributed by atoms with Crippen molar-refractivity contribution in [2.45, 2.75) is 57.2 Å². The van der Waals surface area contributed by atoms with Gasteiger partial charge in [-0.25, -0.2) is 0 Å². The Morgan fingerprint density at radius 3 is 2.21 bits per heavy atom. The van der Waals surface area contributed by atoms with Gasteiger partial charge in [-0.05, 0) is 53.6 Å². The van der Waals surface area contributed by atoms with E-state index >= 15 is 0 Å². The van der Waals surface area contributed by atoms with Gasteiger partial charge in [0.25, 0.3) is 0 Å². The maximum absolute atomic E-state index is 10.5. The fourth-order valence-corrected chi connectivity index (χ4v) is 4.25. The molecule has 3 rings (SSSR count). The third-order valence-electron chi connectivity index (χ3n) is 5.46. The summed E-state index contributed by atoms with van der Waals surface area (Å²) in [5.41, 5.74) is 5.11. The predicted octanol–water partition coefficient (Wildman–Crippen LogP) is 2.43. The number of halogens is 1. The summed E-state index contributed by atoms with van der Waals surface area (Å²) in [4.78, 5) is 0. The van der Waals surface area contributed by atoms with Gasteiger partial charge < -0.3 is 25.2 Å². The molecule has 28 heavy (non-hydrogen) atoms. The van der Waals surface area contributed by atoms with E-state index in [0.717, 1.165) is 27.6 Å². The Kier molecular flexibility index (Phi) is 6.91. The van der Waals surface area contributed by atoms with Crippen molar-refractivity contribution in [3.05, 3.63) is 68.7 Å². The lowest BCUT2D eigenvalue weighted by Crippen LogP contribution is -2.55. The van der Waals surface area contributed by atoms with Crippen molar-refractivity contribution >= 4 is 15.9 Å². The normalized spacial score (nSPS) is 27.8. The largest absolute Gasteiger partial charge is 0.394 e. The molecule has 2 aromatic rings. The van der Waals surface area contributed by atoms with Gasteiger partial charge in [0.15, 0.2) is 0 Å². The molecule has 1 saturated heterocycles. The number of hydrogen-bond donors (Lipinski definition) is 4. The van der Waals surface area contributed by atoms with Gasteiger partial charge in [0.2, 0.25) is 0 Å². The van der Waals surface area contributed by atoms with Crippen LogP contribution in [0.1, 0.15) is 40.8 Å². The molecule has 0 spiro atoms. The second-order valence-electron chi connectivity index (χ2n) is 7.40. The molecule has 0 radical (unpaired) electrons. The molecule has 2 aromatic carbocycles. The number of rotatable bonds is 5. The topological polar surface area (TPSA) is 90.2 Å². The van der Waals surface area contributed by atoms with Crippen LogP contribution in [0.4, 0.5) is 0 Å². The average molecular weight is 451 g/mol. The molecule has 2 unspecified atom stereocenters. The van der Waals surface area contributed by atoms with Crippen LogP contribution >= 0.6 is 15.9 Å². The summed E-state index contributed by atoms with van der Waals surface area (Å²) in [5.74, 6) is 0. The van der Waals surface area contributed by atoms with E-state index in [4.69, 9.17) is 4.74 Å². The maximum atomic E-state index is 10.5. The van der Waals surface area contributed by atoms with Crippen molar-refractivity contribution in [2.24, 2.45) is 0 Å². The van der Waals surface area contributed by atoms with Crippen molar-refractivity contribution in [2.75, 3.05) is 6.61 Å². The van der Waals surface area contributed by atoms with E-state index in [1.807, 2.05) is 19.1 Å². The lowest BCUT2D eigenvalue weighted by Gasteiger charge is -2.40. The summed E-state index contributed by atoms with van der Waals surface area (Å²) in [6, 6.07) is 12.4. The summed E-state index contributed by atoms with van der Waals surface area (Å²) in [7, 11) is 0. The summed E-state index contributed by atoms with van der Waals surface area (Å²) in [6.45, 7) is 3.59. The lowest BCUT2D eigenvalue weighted by atomic mass is 9.88. The predicted molar refractivity (Wildman–Crippen MR) is 110 cm³/mol. The van der Waals surface area contributed by atoms with Crippen LogP contribution in [0.2, 0.25) is 0 Å². The van der Waals surface area contributed by atoms with Crippen molar-refractivity contribution < 1.29 is 25.2 Å². The molecule has 0 bridgehead atoms. The van der Waals surface area contributed by atoms with Gasteiger partial charge in [0.1, 0.15) is 30.5 Å². The van der Waals surface area contributed by atoms with Crippen molar-refractivity contribution in [1.29, 1.82) is 0 Å². The Morgan fingerprint density at radius 2 is 1.61 bits per heavy atom. The van der Waals surface area contributed by atoms with Crippen LogP contribution in [0.5, 0.6) is 0 Å². The quantitative estimate of drug-likeness (QED) is 0.561. The zero-order valence-electron chi connectivity index (χ0n) is 16.0. The molecule has 1 heterocycles. The minimum Gasteiger partial charge on any atom is -0.394 e. The highest BCUT2D eigenvalue weighted by atomic mass is 79.9. The molecular formula is C22H27BrO5. The van der Waals surface area contributed by atoms with E-state index in [2.05, 4.69) is 47.1 Å². The highest BCUT2D eigenvalue weighted by Gasteiger charge is 2.44. The van der Waals surface area contributed by atoms with Gasteiger partial charge in [-0.15, -0.1) is 0 Å². The second kappa shape index (κ2) is 9.03. The van der Waals surface area contributed by atoms with Crippen LogP contribution in [0.3, 0.4) is 0 Å². The second-order valence-corrected chi connectivity index (χ2v) is 8.25. The van der Waals surface area contributed by atoms with Gasteiger partial charge in [0.05, 0.1) is 6.61 Å². The molecule has 4 N–H and O–H groups in total. The molecule has 0 aliphatic carbocycles. The highest BCUT2D eigenvalue weighted by Crippen LogP contribution is 2.36. The van der Waals surface area contributed by atoms with E-state index in [9.17, 15) is 20.4 Å². The van der Waals surface area contributed by atoms with Crippen LogP contribution in [0, 0.1) is 6.92 Å². The number of aryl methyl sites for hydroxylation is 2. The first-order valence-corrected chi connectivity index (χ1v) is 10.3. The van der Waals surface area contributed by atoms with Gasteiger partial charge in [0, 0.05) is 4.47 Å². The number of aliphatic hydroxyl groups is 4. The zero-order valence-corrected chi connectivity index (χ0v) is 17.6. The Morgan fingerprint density at radius 1 is 0.964 bits per heavy atom. The van der Waals surface area contributed by atoms with Crippen molar-refractivity contribution in [3.8, 4) is 0 Å². The molecule has 6 heteroatoms. The van der Waals surface area contributed by atoms with Crippen molar-refractivity contribution in [3.63, 3.8) is 0 Å². The number of ether oxygens (including phenoxy) is 1. The van der Waals surface area contributed by atoms with Crippen LogP contribution in [-0.4, -0.2) is 51.4 Å². The summed E-state index contributed by atoms with van der Waals surface area (Å²) < 4.78 is 6.70. The molecule has 5 atom stereocenters. The molecule has 0 aromatic heterocycles. The third kappa shape index (κ3) is 4.32. The molecule has 0 saturated carbocycles. The molecule has 152 valence electrons. The Hall–Kier alpha value is -1.28. The van der Waals surface area contributed by atoms with Crippen LogP contribution in [0.15, 0.2) is 40.9 Å². The number of benzene rings is 2. The first-order chi connectivity index (χ1) is 13.3. The molecule has 1 fully saturated rings. The molecule has 5 nitrogen and oxygen atoms in total. The minimum absolute atomic E-state index is 0.437. The minimum atomic E-state index is -1.39. The lowest BCUT2D eigenvalue weighted by molar-refractivity contribution is -0.231. The first-order valence-electron chi connectivity index (χ1n) is 9.53. The number of hydrogen-bond acceptors (Lipinski definition) is 5. The Bertz CT molecular complexity index is 805. The van der Waals surface area contributed by atoms with E-state index in [1.54, 1.807) is 0 Å². The summed E-state index contributed by atoms with van der Waals surface area (Å²) in [5, 5.41) is 40.1. The number of aliphatic hydroxyl groups excluding tert-OH is 4. The highest BCUT2D eigenvalue weighted by molar-refractivity contribution is 9.10. The van der Waals surface area contributed by atoms with E-state index in [0.29, 0.717) is 6.42 Å². The molecule has 1 aliphatic rings. The molecular weight excluding hydrogens is 424 g/mol. The van der Waals surface area contributed by atoms with E-state index < -0.39 is 37.1 Å². The Labute approximate surface area is 173 Å². The summed E-state index contributed by atoms with van der Waals surface area (Å²) in [6.07, 6.45) is -4.08. The Balaban J connectivity index is 1.92. The third-order valence-corrected chi connectivity index (χ3v) is 6.20. The molecule has 1 aliphatic heterocycles. The smallest absolute Gasteiger partial charge is 0.113 e. The van der Waals surface area contributed by atoms with Gasteiger partial charge in [-0.2, -0.15) is 0 Å². The van der Waals surface area contributed by atoms with Crippen LogP contribution in [-0.2, 0) is 17.6 Å². The summed E-state index contributed by atoms with van der Waals surface area (Å²) >= 11 is 3.62. The molecule has 0 amide bonds. The van der Waals surface area contributed by atoms with Crippen molar-refractivity contribution in [1.82, 2.24) is 0 Å². The standard InChI is InChI=1S/C22H27BrO5/c1-3-13-4-6-14(7-5-13)9-15-10-16(12(2)8-17(15)23)22-21(27)20(26)19(25)18(11-24)28-22/h4-8,10,18-22,24-27H,3,9,11H2,1-2H3/t18?,19-,20-,21-,22?/m1/s1.